The zero-order valence-electron chi connectivity index (χ0n) is 7.43. The van der Waals surface area contributed by atoms with Gasteiger partial charge in [-0.2, -0.15) is 4.37 Å². The van der Waals surface area contributed by atoms with E-state index in [1.54, 1.807) is 6.20 Å². The minimum Gasteiger partial charge on any atom is -0.381 e. The van der Waals surface area contributed by atoms with Gasteiger partial charge in [-0.1, -0.05) is 0 Å². The van der Waals surface area contributed by atoms with Crippen molar-refractivity contribution in [3.8, 4) is 0 Å². The molecule has 0 amide bonds. The largest absolute Gasteiger partial charge is 0.381 e. The fourth-order valence-corrected chi connectivity index (χ4v) is 1.47. The number of anilines is 3. The van der Waals surface area contributed by atoms with Crippen molar-refractivity contribution >= 4 is 28.3 Å². The Morgan fingerprint density at radius 3 is 2.79 bits per heavy atom. The summed E-state index contributed by atoms with van der Waals surface area (Å²) in [7, 11) is 0. The van der Waals surface area contributed by atoms with E-state index < -0.39 is 0 Å². The minimum absolute atomic E-state index is 0.348. The number of hydrogen-bond donors (Lipinski definition) is 2. The van der Waals surface area contributed by atoms with Crippen molar-refractivity contribution in [3.63, 3.8) is 0 Å². The van der Waals surface area contributed by atoms with Gasteiger partial charge in [-0.3, -0.25) is 0 Å². The van der Waals surface area contributed by atoms with Gasteiger partial charge < -0.3 is 11.1 Å². The number of aryl methyl sites for hydroxylation is 1. The smallest absolute Gasteiger partial charge is 0.208 e. The minimum atomic E-state index is 0.348. The second-order valence-corrected chi connectivity index (χ2v) is 3.31. The van der Waals surface area contributed by atoms with Crippen LogP contribution < -0.4 is 11.1 Å². The number of nitrogens with zero attached hydrogens (tertiary/aromatic N) is 4. The van der Waals surface area contributed by atoms with Crippen LogP contribution in [0.25, 0.3) is 0 Å². The van der Waals surface area contributed by atoms with Crippen LogP contribution in [-0.4, -0.2) is 19.3 Å². The molecule has 0 aliphatic heterocycles. The molecule has 0 saturated carbocycles. The standard InChI is InChI=1S/C7H8N6S/c1-4-11-7(14-13-4)12-6-5(8)9-2-3-10-6/h2-3H,1H3,(H2,8,9)(H,10,11,12,13). The molecule has 0 unspecified atom stereocenters. The predicted octanol–water partition coefficient (Wildman–Crippen LogP) is 0.962. The van der Waals surface area contributed by atoms with Crippen LogP contribution in [0.1, 0.15) is 5.82 Å². The normalized spacial score (nSPS) is 10.1. The summed E-state index contributed by atoms with van der Waals surface area (Å²) in [5.74, 6) is 1.57. The summed E-state index contributed by atoms with van der Waals surface area (Å²) >= 11 is 1.26. The summed E-state index contributed by atoms with van der Waals surface area (Å²) in [6.07, 6.45) is 3.10. The Bertz CT molecular complexity index is 439. The molecule has 0 aromatic carbocycles. The number of aromatic nitrogens is 4. The highest BCUT2D eigenvalue weighted by atomic mass is 32.1. The van der Waals surface area contributed by atoms with Crippen LogP contribution in [0.2, 0.25) is 0 Å². The first-order chi connectivity index (χ1) is 6.75. The van der Waals surface area contributed by atoms with Gasteiger partial charge in [-0.15, -0.1) is 0 Å². The van der Waals surface area contributed by atoms with Crippen LogP contribution in [-0.2, 0) is 0 Å². The summed E-state index contributed by atoms with van der Waals surface area (Å²) < 4.78 is 4.02. The highest BCUT2D eigenvalue weighted by Crippen LogP contribution is 2.19. The average Bonchev–Trinajstić information content (AvgIpc) is 2.56. The molecule has 14 heavy (non-hydrogen) atoms. The SMILES string of the molecule is Cc1nsc(Nc2nccnc2N)n1. The molecule has 2 aromatic heterocycles. The van der Waals surface area contributed by atoms with Crippen LogP contribution in [0.5, 0.6) is 0 Å². The zero-order chi connectivity index (χ0) is 9.97. The van der Waals surface area contributed by atoms with Crippen molar-refractivity contribution in [1.29, 1.82) is 0 Å². The Kier molecular flexibility index (Phi) is 2.23. The van der Waals surface area contributed by atoms with Gasteiger partial charge >= 0.3 is 0 Å². The van der Waals surface area contributed by atoms with E-state index >= 15 is 0 Å². The van der Waals surface area contributed by atoms with E-state index in [4.69, 9.17) is 5.73 Å². The molecular formula is C7H8N6S. The molecule has 72 valence electrons. The highest BCUT2D eigenvalue weighted by Gasteiger charge is 2.04. The first kappa shape index (κ1) is 8.82. The van der Waals surface area contributed by atoms with Crippen molar-refractivity contribution in [1.82, 2.24) is 19.3 Å². The highest BCUT2D eigenvalue weighted by molar-refractivity contribution is 7.09. The summed E-state index contributed by atoms with van der Waals surface area (Å²) in [6.45, 7) is 1.82. The Hall–Kier alpha value is -1.76. The van der Waals surface area contributed by atoms with Gasteiger partial charge in [0, 0.05) is 23.9 Å². The van der Waals surface area contributed by atoms with Crippen LogP contribution in [0, 0.1) is 6.92 Å². The molecule has 2 aromatic rings. The number of rotatable bonds is 2. The van der Waals surface area contributed by atoms with Gasteiger partial charge in [0.2, 0.25) is 5.13 Å². The number of nitrogens with two attached hydrogens (primary N) is 1. The average molecular weight is 208 g/mol. The van der Waals surface area contributed by atoms with Crippen molar-refractivity contribution in [2.45, 2.75) is 6.92 Å². The van der Waals surface area contributed by atoms with E-state index in [0.717, 1.165) is 5.82 Å². The number of hydrogen-bond acceptors (Lipinski definition) is 7. The molecule has 0 saturated heterocycles. The zero-order valence-corrected chi connectivity index (χ0v) is 8.25. The van der Waals surface area contributed by atoms with Crippen molar-refractivity contribution in [2.75, 3.05) is 11.1 Å². The second-order valence-electron chi connectivity index (χ2n) is 2.56. The van der Waals surface area contributed by atoms with Gasteiger partial charge in [-0.05, 0) is 6.92 Å². The van der Waals surface area contributed by atoms with Crippen molar-refractivity contribution < 1.29 is 0 Å². The third-order valence-corrected chi connectivity index (χ3v) is 2.20. The molecule has 6 nitrogen and oxygen atoms in total. The van der Waals surface area contributed by atoms with E-state index in [0.29, 0.717) is 16.8 Å². The lowest BCUT2D eigenvalue weighted by Gasteiger charge is -2.01. The number of nitrogen functional groups attached to an aromatic ring is 1. The number of nitrogens with one attached hydrogen (secondary N) is 1. The van der Waals surface area contributed by atoms with E-state index in [1.807, 2.05) is 6.92 Å². The molecule has 0 fully saturated rings. The Balaban J connectivity index is 2.23. The fraction of sp³-hybridized carbons (Fsp3) is 0.143. The third kappa shape index (κ3) is 1.77. The lowest BCUT2D eigenvalue weighted by atomic mass is 10.6. The summed E-state index contributed by atoms with van der Waals surface area (Å²) in [6, 6.07) is 0. The van der Waals surface area contributed by atoms with Crippen molar-refractivity contribution in [2.24, 2.45) is 0 Å². The van der Waals surface area contributed by atoms with Gasteiger partial charge in [0.15, 0.2) is 11.6 Å². The van der Waals surface area contributed by atoms with E-state index in [2.05, 4.69) is 24.6 Å². The van der Waals surface area contributed by atoms with E-state index in [9.17, 15) is 0 Å². The second kappa shape index (κ2) is 3.54. The maximum absolute atomic E-state index is 5.60. The molecule has 0 radical (unpaired) electrons. The Morgan fingerprint density at radius 1 is 1.36 bits per heavy atom. The fourth-order valence-electron chi connectivity index (χ4n) is 0.894. The molecule has 0 spiro atoms. The topological polar surface area (TPSA) is 89.6 Å². The van der Waals surface area contributed by atoms with Gasteiger partial charge in [0.1, 0.15) is 5.82 Å². The van der Waals surface area contributed by atoms with Gasteiger partial charge in [-0.25, -0.2) is 15.0 Å². The first-order valence-electron chi connectivity index (χ1n) is 3.89. The molecule has 2 rings (SSSR count). The quantitative estimate of drug-likeness (QED) is 0.764. The summed E-state index contributed by atoms with van der Waals surface area (Å²) in [4.78, 5) is 12.0. The van der Waals surface area contributed by atoms with Crippen LogP contribution in [0.3, 0.4) is 0 Å². The molecule has 0 aliphatic carbocycles. The molecule has 0 atom stereocenters. The summed E-state index contributed by atoms with van der Waals surface area (Å²) in [5.41, 5.74) is 5.60. The lowest BCUT2D eigenvalue weighted by Crippen LogP contribution is -2.00. The van der Waals surface area contributed by atoms with Gasteiger partial charge in [0.25, 0.3) is 0 Å². The first-order valence-corrected chi connectivity index (χ1v) is 4.67. The van der Waals surface area contributed by atoms with Crippen molar-refractivity contribution in [3.05, 3.63) is 18.2 Å². The van der Waals surface area contributed by atoms with E-state index in [-0.39, 0.29) is 0 Å². The Labute approximate surface area is 84.4 Å². The maximum atomic E-state index is 5.60. The molecule has 7 heteroatoms. The molecular weight excluding hydrogens is 200 g/mol. The Morgan fingerprint density at radius 2 is 2.14 bits per heavy atom. The van der Waals surface area contributed by atoms with E-state index in [1.165, 1.54) is 17.7 Å². The molecule has 2 heterocycles. The third-order valence-electron chi connectivity index (χ3n) is 1.48. The molecule has 3 N–H and O–H groups in total. The molecule has 0 bridgehead atoms. The van der Waals surface area contributed by atoms with Crippen LogP contribution in [0.15, 0.2) is 12.4 Å². The maximum Gasteiger partial charge on any atom is 0.208 e. The monoisotopic (exact) mass is 208 g/mol. The summed E-state index contributed by atoms with van der Waals surface area (Å²) in [5, 5.41) is 3.60. The van der Waals surface area contributed by atoms with Crippen LogP contribution >= 0.6 is 11.5 Å². The van der Waals surface area contributed by atoms with Crippen LogP contribution in [0.4, 0.5) is 16.8 Å². The van der Waals surface area contributed by atoms with Gasteiger partial charge in [0.05, 0.1) is 0 Å². The lowest BCUT2D eigenvalue weighted by molar-refractivity contribution is 1.15. The predicted molar refractivity (Wildman–Crippen MR) is 54.4 cm³/mol. The molecule has 0 aliphatic rings.